The molecule has 0 spiro atoms. The van der Waals surface area contributed by atoms with Crippen molar-refractivity contribution in [3.05, 3.63) is 53.6 Å². The van der Waals surface area contributed by atoms with Gasteiger partial charge in [-0.05, 0) is 50.6 Å². The Bertz CT molecular complexity index is 779. The van der Waals surface area contributed by atoms with Crippen molar-refractivity contribution in [2.24, 2.45) is 0 Å². The maximum Gasteiger partial charge on any atom is 0.128 e. The number of thioether (sulfide) groups is 1. The second kappa shape index (κ2) is 10.2. The highest BCUT2D eigenvalue weighted by atomic mass is 32.2. The van der Waals surface area contributed by atoms with Crippen molar-refractivity contribution in [1.82, 2.24) is 4.90 Å². The van der Waals surface area contributed by atoms with Crippen LogP contribution in [0.1, 0.15) is 37.3 Å². The van der Waals surface area contributed by atoms with Crippen LogP contribution in [0, 0.1) is 0 Å². The first-order valence-electron chi connectivity index (χ1n) is 10.1. The van der Waals surface area contributed by atoms with Gasteiger partial charge in [0.15, 0.2) is 0 Å². The SMILES string of the molecule is COc1cccc(OCC(C)O)c1C1SCCN1Cc1ccc(OC(C)C)cc1. The molecule has 0 bridgehead atoms. The van der Waals surface area contributed by atoms with Gasteiger partial charge in [0, 0.05) is 18.8 Å². The summed E-state index contributed by atoms with van der Waals surface area (Å²) < 4.78 is 17.3. The summed E-state index contributed by atoms with van der Waals surface area (Å²) in [7, 11) is 1.69. The third-order valence-corrected chi connectivity index (χ3v) is 5.91. The molecule has 2 atom stereocenters. The second-order valence-electron chi connectivity index (χ2n) is 7.54. The van der Waals surface area contributed by atoms with Crippen molar-refractivity contribution in [2.45, 2.75) is 44.9 Å². The average molecular weight is 418 g/mol. The maximum absolute atomic E-state index is 9.64. The smallest absolute Gasteiger partial charge is 0.128 e. The van der Waals surface area contributed by atoms with E-state index in [1.807, 2.05) is 55.9 Å². The number of ether oxygens (including phenoxy) is 3. The summed E-state index contributed by atoms with van der Waals surface area (Å²) in [5, 5.41) is 9.78. The number of aliphatic hydroxyl groups excluding tert-OH is 1. The third-order valence-electron chi connectivity index (χ3n) is 4.64. The van der Waals surface area contributed by atoms with Crippen LogP contribution in [0.4, 0.5) is 0 Å². The fourth-order valence-electron chi connectivity index (χ4n) is 3.39. The third kappa shape index (κ3) is 5.81. The standard InChI is InChI=1S/C23H31NO4S/c1-16(2)28-19-10-8-18(9-11-19)14-24-12-13-29-23(24)22-20(26-4)6-5-7-21(22)27-15-17(3)25/h5-11,16-17,23,25H,12-15H2,1-4H3. The van der Waals surface area contributed by atoms with Gasteiger partial charge in [0.2, 0.25) is 0 Å². The normalized spacial score (nSPS) is 18.1. The Hall–Kier alpha value is -1.89. The molecule has 1 saturated heterocycles. The number of methoxy groups -OCH3 is 1. The molecular weight excluding hydrogens is 386 g/mol. The van der Waals surface area contributed by atoms with Gasteiger partial charge < -0.3 is 19.3 Å². The molecule has 1 heterocycles. The van der Waals surface area contributed by atoms with E-state index in [0.29, 0.717) is 0 Å². The monoisotopic (exact) mass is 417 g/mol. The summed E-state index contributed by atoms with van der Waals surface area (Å²) in [4.78, 5) is 2.44. The highest BCUT2D eigenvalue weighted by molar-refractivity contribution is 7.99. The maximum atomic E-state index is 9.64. The fraction of sp³-hybridized carbons (Fsp3) is 0.478. The van der Waals surface area contributed by atoms with Crippen LogP contribution in [0.2, 0.25) is 0 Å². The summed E-state index contributed by atoms with van der Waals surface area (Å²) in [6.45, 7) is 7.88. The van der Waals surface area contributed by atoms with E-state index in [1.165, 1.54) is 5.56 Å². The minimum atomic E-state index is -0.520. The Balaban J connectivity index is 1.79. The largest absolute Gasteiger partial charge is 0.496 e. The van der Waals surface area contributed by atoms with Gasteiger partial charge in [0.05, 0.1) is 30.3 Å². The molecule has 158 valence electrons. The summed E-state index contributed by atoms with van der Waals surface area (Å²) >= 11 is 1.89. The van der Waals surface area contributed by atoms with E-state index in [9.17, 15) is 5.11 Å². The number of hydrogen-bond donors (Lipinski definition) is 1. The molecule has 0 radical (unpaired) electrons. The van der Waals surface area contributed by atoms with E-state index in [-0.39, 0.29) is 18.1 Å². The predicted molar refractivity (Wildman–Crippen MR) is 118 cm³/mol. The van der Waals surface area contributed by atoms with Crippen LogP contribution in [-0.2, 0) is 6.54 Å². The number of benzene rings is 2. The molecule has 0 amide bonds. The highest BCUT2D eigenvalue weighted by Crippen LogP contribution is 2.46. The van der Waals surface area contributed by atoms with Gasteiger partial charge in [-0.25, -0.2) is 0 Å². The van der Waals surface area contributed by atoms with Crippen LogP contribution in [0.5, 0.6) is 17.2 Å². The predicted octanol–water partition coefficient (Wildman–Crippen LogP) is 4.49. The number of hydrogen-bond acceptors (Lipinski definition) is 6. The first kappa shape index (κ1) is 21.8. The Morgan fingerprint density at radius 2 is 1.83 bits per heavy atom. The zero-order chi connectivity index (χ0) is 20.8. The zero-order valence-corrected chi connectivity index (χ0v) is 18.4. The molecule has 0 saturated carbocycles. The molecule has 6 heteroatoms. The quantitative estimate of drug-likeness (QED) is 0.649. The van der Waals surface area contributed by atoms with Crippen molar-refractivity contribution in [3.63, 3.8) is 0 Å². The van der Waals surface area contributed by atoms with Crippen molar-refractivity contribution < 1.29 is 19.3 Å². The van der Waals surface area contributed by atoms with E-state index >= 15 is 0 Å². The van der Waals surface area contributed by atoms with E-state index in [0.717, 1.165) is 41.7 Å². The van der Waals surface area contributed by atoms with E-state index in [1.54, 1.807) is 14.0 Å². The van der Waals surface area contributed by atoms with Crippen molar-refractivity contribution in [2.75, 3.05) is 26.0 Å². The molecule has 1 aliphatic rings. The fourth-order valence-corrected chi connectivity index (χ4v) is 4.75. The Kier molecular flexibility index (Phi) is 7.70. The first-order valence-corrected chi connectivity index (χ1v) is 11.1. The van der Waals surface area contributed by atoms with Crippen LogP contribution in [-0.4, -0.2) is 48.2 Å². The molecule has 5 nitrogen and oxygen atoms in total. The molecule has 2 aromatic rings. The lowest BCUT2D eigenvalue weighted by Crippen LogP contribution is -2.24. The van der Waals surface area contributed by atoms with Gasteiger partial charge in [-0.2, -0.15) is 0 Å². The van der Waals surface area contributed by atoms with Crippen molar-refractivity contribution in [3.8, 4) is 17.2 Å². The Morgan fingerprint density at radius 1 is 1.10 bits per heavy atom. The number of aliphatic hydroxyl groups is 1. The molecule has 0 aromatic heterocycles. The van der Waals surface area contributed by atoms with Crippen molar-refractivity contribution >= 4 is 11.8 Å². The van der Waals surface area contributed by atoms with Crippen LogP contribution in [0.15, 0.2) is 42.5 Å². The second-order valence-corrected chi connectivity index (χ2v) is 8.72. The van der Waals surface area contributed by atoms with Crippen LogP contribution >= 0.6 is 11.8 Å². The molecule has 1 N–H and O–H groups in total. The van der Waals surface area contributed by atoms with Gasteiger partial charge in [0.25, 0.3) is 0 Å². The minimum Gasteiger partial charge on any atom is -0.496 e. The topological polar surface area (TPSA) is 51.2 Å². The molecule has 1 aliphatic heterocycles. The van der Waals surface area contributed by atoms with Gasteiger partial charge in [-0.1, -0.05) is 18.2 Å². The van der Waals surface area contributed by atoms with Gasteiger partial charge >= 0.3 is 0 Å². The van der Waals surface area contributed by atoms with Gasteiger partial charge in [-0.15, -0.1) is 11.8 Å². The summed E-state index contributed by atoms with van der Waals surface area (Å²) in [6, 6.07) is 14.2. The summed E-state index contributed by atoms with van der Waals surface area (Å²) in [6.07, 6.45) is -0.348. The lowest BCUT2D eigenvalue weighted by molar-refractivity contribution is 0.121. The van der Waals surface area contributed by atoms with Crippen molar-refractivity contribution in [1.29, 1.82) is 0 Å². The lowest BCUT2D eigenvalue weighted by atomic mass is 10.1. The van der Waals surface area contributed by atoms with E-state index < -0.39 is 6.10 Å². The van der Waals surface area contributed by atoms with E-state index in [4.69, 9.17) is 14.2 Å². The summed E-state index contributed by atoms with van der Waals surface area (Å²) in [5.41, 5.74) is 2.29. The van der Waals surface area contributed by atoms with E-state index in [2.05, 4.69) is 17.0 Å². The Labute approximate surface area is 178 Å². The average Bonchev–Trinajstić information content (AvgIpc) is 3.14. The van der Waals surface area contributed by atoms with Crippen LogP contribution in [0.25, 0.3) is 0 Å². The Morgan fingerprint density at radius 3 is 2.48 bits per heavy atom. The lowest BCUT2D eigenvalue weighted by Gasteiger charge is -2.27. The van der Waals surface area contributed by atoms with Crippen LogP contribution in [0.3, 0.4) is 0 Å². The molecule has 29 heavy (non-hydrogen) atoms. The zero-order valence-electron chi connectivity index (χ0n) is 17.6. The number of rotatable bonds is 9. The molecule has 1 fully saturated rings. The summed E-state index contributed by atoms with van der Waals surface area (Å²) in [5.74, 6) is 3.54. The van der Waals surface area contributed by atoms with Gasteiger partial charge in [-0.3, -0.25) is 4.90 Å². The molecule has 2 aromatic carbocycles. The molecule has 0 aliphatic carbocycles. The number of nitrogens with zero attached hydrogens (tertiary/aromatic N) is 1. The highest BCUT2D eigenvalue weighted by Gasteiger charge is 2.32. The van der Waals surface area contributed by atoms with Crippen LogP contribution < -0.4 is 14.2 Å². The van der Waals surface area contributed by atoms with Gasteiger partial charge in [0.1, 0.15) is 23.9 Å². The molecule has 3 rings (SSSR count). The first-order chi connectivity index (χ1) is 14.0. The molecular formula is C23H31NO4S. The minimum absolute atomic E-state index is 0.140. The molecule has 2 unspecified atom stereocenters.